The third kappa shape index (κ3) is 5.21. The maximum atomic E-state index is 5.63. The number of methoxy groups -OCH3 is 1. The first-order chi connectivity index (χ1) is 8.76. The zero-order valence-corrected chi connectivity index (χ0v) is 10.8. The van der Waals surface area contributed by atoms with E-state index in [1.807, 2.05) is 61.6 Å². The van der Waals surface area contributed by atoms with Crippen LogP contribution in [0.15, 0.2) is 78.8 Å². The largest absolute Gasteiger partial charge is 0.497 e. The van der Waals surface area contributed by atoms with Gasteiger partial charge >= 0.3 is 0 Å². The Morgan fingerprint density at radius 2 is 1.89 bits per heavy atom. The van der Waals surface area contributed by atoms with E-state index >= 15 is 0 Å². The summed E-state index contributed by atoms with van der Waals surface area (Å²) in [6.07, 6.45) is 9.05. The predicted octanol–water partition coefficient (Wildman–Crippen LogP) is 4.24. The summed E-state index contributed by atoms with van der Waals surface area (Å²) < 4.78 is 10.8. The fourth-order valence-corrected chi connectivity index (χ4v) is 1.26. The molecule has 1 aromatic carbocycles. The number of para-hydroxylation sites is 1. The summed E-state index contributed by atoms with van der Waals surface area (Å²) in [4.78, 5) is 0. The van der Waals surface area contributed by atoms with E-state index in [0.29, 0.717) is 0 Å². The Hall–Kier alpha value is -2.22. The van der Waals surface area contributed by atoms with Crippen LogP contribution in [0.3, 0.4) is 0 Å². The lowest BCUT2D eigenvalue weighted by Crippen LogP contribution is -1.90. The van der Waals surface area contributed by atoms with Crippen LogP contribution in [0.4, 0.5) is 0 Å². The molecular formula is C16H18O2. The molecule has 0 heterocycles. The molecule has 0 aliphatic heterocycles. The lowest BCUT2D eigenvalue weighted by atomic mass is 10.3. The van der Waals surface area contributed by atoms with E-state index in [1.54, 1.807) is 13.2 Å². The average molecular weight is 242 g/mol. The highest BCUT2D eigenvalue weighted by Gasteiger charge is 1.93. The standard InChI is InChI=1S/C16H18O2/c1-4-5-9-15(17-3)13-12-14(2)18-16-10-7-6-8-11-16/h4-13H,1H2,2-3H3/b9-5-,14-12+,15-13+. The number of ether oxygens (including phenoxy) is 2. The van der Waals surface area contributed by atoms with Gasteiger partial charge in [0.2, 0.25) is 0 Å². The van der Waals surface area contributed by atoms with E-state index in [0.717, 1.165) is 17.3 Å². The van der Waals surface area contributed by atoms with E-state index in [9.17, 15) is 0 Å². The fraction of sp³-hybridized carbons (Fsp3) is 0.125. The first kappa shape index (κ1) is 13.8. The van der Waals surface area contributed by atoms with Crippen LogP contribution in [-0.2, 0) is 4.74 Å². The molecule has 0 aromatic heterocycles. The highest BCUT2D eigenvalue weighted by atomic mass is 16.5. The van der Waals surface area contributed by atoms with Gasteiger partial charge in [-0.15, -0.1) is 0 Å². The second kappa shape index (κ2) is 7.96. The van der Waals surface area contributed by atoms with E-state index in [4.69, 9.17) is 9.47 Å². The number of hydrogen-bond donors (Lipinski definition) is 0. The molecular weight excluding hydrogens is 224 g/mol. The van der Waals surface area contributed by atoms with Gasteiger partial charge in [-0.25, -0.2) is 0 Å². The average Bonchev–Trinajstić information content (AvgIpc) is 2.40. The summed E-state index contributed by atoms with van der Waals surface area (Å²) in [5.74, 6) is 2.36. The molecule has 0 unspecified atom stereocenters. The number of rotatable bonds is 6. The summed E-state index contributed by atoms with van der Waals surface area (Å²) in [6.45, 7) is 5.51. The summed E-state index contributed by atoms with van der Waals surface area (Å²) in [6, 6.07) is 9.65. The van der Waals surface area contributed by atoms with Crippen LogP contribution in [-0.4, -0.2) is 7.11 Å². The molecule has 0 saturated heterocycles. The van der Waals surface area contributed by atoms with Crippen molar-refractivity contribution < 1.29 is 9.47 Å². The van der Waals surface area contributed by atoms with Gasteiger partial charge in [0.25, 0.3) is 0 Å². The summed E-state index contributed by atoms with van der Waals surface area (Å²) in [7, 11) is 1.63. The van der Waals surface area contributed by atoms with Gasteiger partial charge in [0.05, 0.1) is 7.11 Å². The van der Waals surface area contributed by atoms with Crippen molar-refractivity contribution in [3.8, 4) is 5.75 Å². The highest BCUT2D eigenvalue weighted by Crippen LogP contribution is 2.12. The minimum absolute atomic E-state index is 0.742. The van der Waals surface area contributed by atoms with Crippen LogP contribution in [0.2, 0.25) is 0 Å². The first-order valence-corrected chi connectivity index (χ1v) is 5.71. The molecule has 1 aromatic rings. The van der Waals surface area contributed by atoms with Crippen LogP contribution in [0.25, 0.3) is 0 Å². The SMILES string of the molecule is C=C\C=C/C(=C\C=C(/C)Oc1ccccc1)OC. The molecule has 0 saturated carbocycles. The second-order valence-corrected chi connectivity index (χ2v) is 3.56. The fourth-order valence-electron chi connectivity index (χ4n) is 1.26. The highest BCUT2D eigenvalue weighted by molar-refractivity contribution is 5.26. The molecule has 0 N–H and O–H groups in total. The topological polar surface area (TPSA) is 18.5 Å². The molecule has 2 nitrogen and oxygen atoms in total. The van der Waals surface area contributed by atoms with Gasteiger partial charge in [-0.1, -0.05) is 36.9 Å². The quantitative estimate of drug-likeness (QED) is 0.548. The predicted molar refractivity (Wildman–Crippen MR) is 75.3 cm³/mol. The normalized spacial score (nSPS) is 12.6. The van der Waals surface area contributed by atoms with Crippen LogP contribution in [0.5, 0.6) is 5.75 Å². The summed E-state index contributed by atoms with van der Waals surface area (Å²) in [5.41, 5.74) is 0. The van der Waals surface area contributed by atoms with Crippen LogP contribution in [0, 0.1) is 0 Å². The number of allylic oxidation sites excluding steroid dienone is 6. The Morgan fingerprint density at radius 1 is 1.17 bits per heavy atom. The first-order valence-electron chi connectivity index (χ1n) is 5.71. The van der Waals surface area contributed by atoms with Crippen LogP contribution in [0.1, 0.15) is 6.92 Å². The Morgan fingerprint density at radius 3 is 2.50 bits per heavy atom. The number of hydrogen-bond acceptors (Lipinski definition) is 2. The van der Waals surface area contributed by atoms with Gasteiger partial charge < -0.3 is 9.47 Å². The van der Waals surface area contributed by atoms with Gasteiger partial charge in [0.15, 0.2) is 0 Å². The van der Waals surface area contributed by atoms with Gasteiger partial charge in [0, 0.05) is 0 Å². The molecule has 0 atom stereocenters. The van der Waals surface area contributed by atoms with Crippen molar-refractivity contribution in [1.82, 2.24) is 0 Å². The van der Waals surface area contributed by atoms with Gasteiger partial charge in [-0.3, -0.25) is 0 Å². The van der Waals surface area contributed by atoms with E-state index in [1.165, 1.54) is 0 Å². The molecule has 18 heavy (non-hydrogen) atoms. The molecule has 2 heteroatoms. The molecule has 0 fully saturated rings. The molecule has 0 bridgehead atoms. The van der Waals surface area contributed by atoms with Crippen molar-refractivity contribution in [2.24, 2.45) is 0 Å². The lowest BCUT2D eigenvalue weighted by Gasteiger charge is -2.04. The van der Waals surface area contributed by atoms with Crippen LogP contribution >= 0.6 is 0 Å². The van der Waals surface area contributed by atoms with Crippen molar-refractivity contribution in [2.45, 2.75) is 6.92 Å². The zero-order chi connectivity index (χ0) is 13.2. The Bertz CT molecular complexity index is 453. The Balaban J connectivity index is 2.68. The van der Waals surface area contributed by atoms with Gasteiger partial charge in [0.1, 0.15) is 17.3 Å². The lowest BCUT2D eigenvalue weighted by molar-refractivity contribution is 0.306. The Kier molecular flexibility index (Phi) is 6.12. The zero-order valence-electron chi connectivity index (χ0n) is 10.8. The van der Waals surface area contributed by atoms with Crippen molar-refractivity contribution >= 4 is 0 Å². The molecule has 0 spiro atoms. The van der Waals surface area contributed by atoms with Crippen molar-refractivity contribution in [2.75, 3.05) is 7.11 Å². The summed E-state index contributed by atoms with van der Waals surface area (Å²) in [5, 5.41) is 0. The van der Waals surface area contributed by atoms with Crippen molar-refractivity contribution in [3.63, 3.8) is 0 Å². The van der Waals surface area contributed by atoms with Crippen LogP contribution < -0.4 is 4.74 Å². The third-order valence-electron chi connectivity index (χ3n) is 2.14. The molecule has 0 aliphatic rings. The second-order valence-electron chi connectivity index (χ2n) is 3.56. The minimum atomic E-state index is 0.742. The maximum Gasteiger partial charge on any atom is 0.126 e. The maximum absolute atomic E-state index is 5.63. The van der Waals surface area contributed by atoms with E-state index in [-0.39, 0.29) is 0 Å². The van der Waals surface area contributed by atoms with Gasteiger partial charge in [-0.05, 0) is 37.3 Å². The molecule has 0 amide bonds. The van der Waals surface area contributed by atoms with Crippen molar-refractivity contribution in [1.29, 1.82) is 0 Å². The summed E-state index contributed by atoms with van der Waals surface area (Å²) >= 11 is 0. The molecule has 0 aliphatic carbocycles. The Labute approximate surface area is 109 Å². The minimum Gasteiger partial charge on any atom is -0.497 e. The van der Waals surface area contributed by atoms with E-state index < -0.39 is 0 Å². The van der Waals surface area contributed by atoms with E-state index in [2.05, 4.69) is 6.58 Å². The van der Waals surface area contributed by atoms with Gasteiger partial charge in [-0.2, -0.15) is 0 Å². The third-order valence-corrected chi connectivity index (χ3v) is 2.14. The monoisotopic (exact) mass is 242 g/mol. The molecule has 94 valence electrons. The smallest absolute Gasteiger partial charge is 0.126 e. The number of benzene rings is 1. The van der Waals surface area contributed by atoms with Crippen molar-refractivity contribution in [3.05, 3.63) is 78.8 Å². The molecule has 0 radical (unpaired) electrons. The molecule has 1 rings (SSSR count).